The van der Waals surface area contributed by atoms with Gasteiger partial charge in [-0.1, -0.05) is 11.6 Å². The largest absolute Gasteiger partial charge is 0.493 e. The van der Waals surface area contributed by atoms with E-state index in [1.165, 1.54) is 43.5 Å². The van der Waals surface area contributed by atoms with E-state index >= 15 is 0 Å². The summed E-state index contributed by atoms with van der Waals surface area (Å²) in [5.41, 5.74) is 4.65. The number of benzene rings is 2. The van der Waals surface area contributed by atoms with Gasteiger partial charge in [0.25, 0.3) is 11.8 Å². The number of hydrogen-bond acceptors (Lipinski definition) is 4. The lowest BCUT2D eigenvalue weighted by atomic mass is 10.2. The number of hydrazine groups is 1. The highest BCUT2D eigenvalue weighted by Gasteiger charge is 2.15. The average Bonchev–Trinajstić information content (AvgIpc) is 2.59. The normalized spacial score (nSPS) is 10.3. The van der Waals surface area contributed by atoms with Crippen LogP contribution >= 0.6 is 11.6 Å². The first-order chi connectivity index (χ1) is 11.9. The Morgan fingerprint density at radius 2 is 1.52 bits per heavy atom. The van der Waals surface area contributed by atoms with Crippen LogP contribution in [0.5, 0.6) is 11.5 Å². The number of ether oxygens (including phenoxy) is 2. The van der Waals surface area contributed by atoms with Gasteiger partial charge >= 0.3 is 6.61 Å². The second kappa shape index (κ2) is 8.29. The van der Waals surface area contributed by atoms with Gasteiger partial charge in [0.15, 0.2) is 11.5 Å². The molecule has 0 bridgehead atoms. The lowest BCUT2D eigenvalue weighted by molar-refractivity contribution is -0.0512. The first-order valence-corrected chi connectivity index (χ1v) is 7.27. The summed E-state index contributed by atoms with van der Waals surface area (Å²) in [5.74, 6) is -1.54. The van der Waals surface area contributed by atoms with Crippen molar-refractivity contribution >= 4 is 23.4 Å². The molecule has 2 aromatic carbocycles. The maximum atomic E-state index is 12.4. The Bertz CT molecular complexity index is 769. The number of alkyl halides is 2. The zero-order chi connectivity index (χ0) is 18.4. The van der Waals surface area contributed by atoms with Crippen molar-refractivity contribution in [3.63, 3.8) is 0 Å². The summed E-state index contributed by atoms with van der Waals surface area (Å²) < 4.78 is 34.0. The Labute approximate surface area is 146 Å². The maximum absolute atomic E-state index is 12.4. The number of carbonyl (C=O) groups is 2. The van der Waals surface area contributed by atoms with Crippen LogP contribution in [0.15, 0.2) is 42.5 Å². The minimum atomic E-state index is -3.07. The van der Waals surface area contributed by atoms with E-state index in [0.29, 0.717) is 5.02 Å². The minimum absolute atomic E-state index is 0.00661. The summed E-state index contributed by atoms with van der Waals surface area (Å²) >= 11 is 5.72. The van der Waals surface area contributed by atoms with E-state index in [4.69, 9.17) is 16.3 Å². The highest BCUT2D eigenvalue weighted by molar-refractivity contribution is 6.30. The molecule has 25 heavy (non-hydrogen) atoms. The molecule has 0 fully saturated rings. The van der Waals surface area contributed by atoms with Crippen LogP contribution in [0.3, 0.4) is 0 Å². The molecule has 0 aliphatic carbocycles. The molecule has 2 aromatic rings. The minimum Gasteiger partial charge on any atom is -0.493 e. The molecule has 0 saturated carbocycles. The Morgan fingerprint density at radius 1 is 0.960 bits per heavy atom. The zero-order valence-electron chi connectivity index (χ0n) is 12.9. The van der Waals surface area contributed by atoms with Crippen molar-refractivity contribution in [2.24, 2.45) is 0 Å². The third-order valence-electron chi connectivity index (χ3n) is 3.04. The van der Waals surface area contributed by atoms with Crippen molar-refractivity contribution in [3.05, 3.63) is 58.6 Å². The van der Waals surface area contributed by atoms with Crippen molar-refractivity contribution in [2.45, 2.75) is 6.61 Å². The summed E-state index contributed by atoms with van der Waals surface area (Å²) in [7, 11) is 1.28. The van der Waals surface area contributed by atoms with E-state index in [9.17, 15) is 18.4 Å². The van der Waals surface area contributed by atoms with E-state index in [-0.39, 0.29) is 22.6 Å². The maximum Gasteiger partial charge on any atom is 0.387 e. The second-order valence-electron chi connectivity index (χ2n) is 4.66. The Kier molecular flexibility index (Phi) is 6.13. The number of carbonyl (C=O) groups excluding carboxylic acids is 2. The number of nitrogens with one attached hydrogen (secondary N) is 2. The molecule has 2 N–H and O–H groups in total. The van der Waals surface area contributed by atoms with E-state index in [1.807, 2.05) is 0 Å². The predicted molar refractivity (Wildman–Crippen MR) is 86.0 cm³/mol. The van der Waals surface area contributed by atoms with E-state index in [2.05, 4.69) is 15.6 Å². The summed E-state index contributed by atoms with van der Waals surface area (Å²) in [5, 5.41) is 0.463. The van der Waals surface area contributed by atoms with Gasteiger partial charge in [-0.2, -0.15) is 8.78 Å². The molecule has 0 radical (unpaired) electrons. The van der Waals surface area contributed by atoms with Gasteiger partial charge < -0.3 is 9.47 Å². The van der Waals surface area contributed by atoms with Crippen LogP contribution in [0.1, 0.15) is 20.7 Å². The van der Waals surface area contributed by atoms with Crippen LogP contribution in [-0.2, 0) is 0 Å². The topological polar surface area (TPSA) is 76.7 Å². The van der Waals surface area contributed by atoms with Crippen molar-refractivity contribution in [3.8, 4) is 11.5 Å². The van der Waals surface area contributed by atoms with Gasteiger partial charge in [-0.3, -0.25) is 20.4 Å². The van der Waals surface area contributed by atoms with E-state index < -0.39 is 18.4 Å². The summed E-state index contributed by atoms with van der Waals surface area (Å²) in [6.07, 6.45) is 0. The van der Waals surface area contributed by atoms with Crippen LogP contribution in [0.2, 0.25) is 5.02 Å². The van der Waals surface area contributed by atoms with E-state index in [0.717, 1.165) is 6.07 Å². The van der Waals surface area contributed by atoms with Crippen LogP contribution in [0.25, 0.3) is 0 Å². The average molecular weight is 371 g/mol. The fourth-order valence-corrected chi connectivity index (χ4v) is 1.99. The second-order valence-corrected chi connectivity index (χ2v) is 5.10. The molecule has 0 aromatic heterocycles. The molecule has 0 atom stereocenters. The zero-order valence-corrected chi connectivity index (χ0v) is 13.6. The van der Waals surface area contributed by atoms with Gasteiger partial charge in [-0.15, -0.1) is 0 Å². The third-order valence-corrected chi connectivity index (χ3v) is 3.29. The fourth-order valence-electron chi connectivity index (χ4n) is 1.87. The van der Waals surface area contributed by atoms with Gasteiger partial charge in [0.05, 0.1) is 7.11 Å². The summed E-state index contributed by atoms with van der Waals surface area (Å²) in [4.78, 5) is 23.9. The Morgan fingerprint density at radius 3 is 2.08 bits per heavy atom. The van der Waals surface area contributed by atoms with Crippen LogP contribution in [-0.4, -0.2) is 25.5 Å². The molecule has 132 valence electrons. The van der Waals surface area contributed by atoms with Crippen molar-refractivity contribution in [1.29, 1.82) is 0 Å². The molecule has 0 saturated heterocycles. The Balaban J connectivity index is 2.05. The third kappa shape index (κ3) is 5.05. The van der Waals surface area contributed by atoms with Gasteiger partial charge in [0.2, 0.25) is 0 Å². The SMILES string of the molecule is COc1ccc(C(=O)NNC(=O)c2ccc(Cl)cc2)cc1OC(F)F. The molecule has 6 nitrogen and oxygen atoms in total. The first kappa shape index (κ1) is 18.5. The molecule has 0 unspecified atom stereocenters. The molecule has 0 spiro atoms. The summed E-state index contributed by atoms with van der Waals surface area (Å²) in [6.45, 7) is -3.07. The molecule has 0 heterocycles. The van der Waals surface area contributed by atoms with Crippen molar-refractivity contribution in [2.75, 3.05) is 7.11 Å². The molecule has 2 rings (SSSR count). The van der Waals surface area contributed by atoms with Crippen LogP contribution in [0, 0.1) is 0 Å². The first-order valence-electron chi connectivity index (χ1n) is 6.90. The molecule has 9 heteroatoms. The van der Waals surface area contributed by atoms with Crippen molar-refractivity contribution in [1.82, 2.24) is 10.9 Å². The van der Waals surface area contributed by atoms with Crippen molar-refractivity contribution < 1.29 is 27.8 Å². The van der Waals surface area contributed by atoms with Gasteiger partial charge in [0, 0.05) is 16.1 Å². The fraction of sp³-hybridized carbons (Fsp3) is 0.125. The monoisotopic (exact) mass is 370 g/mol. The molecule has 0 aliphatic rings. The van der Waals surface area contributed by atoms with Gasteiger partial charge in [-0.05, 0) is 42.5 Å². The number of methoxy groups -OCH3 is 1. The van der Waals surface area contributed by atoms with E-state index in [1.54, 1.807) is 0 Å². The highest BCUT2D eigenvalue weighted by Crippen LogP contribution is 2.29. The molecule has 2 amide bonds. The lowest BCUT2D eigenvalue weighted by Crippen LogP contribution is -2.41. The molecular weight excluding hydrogens is 358 g/mol. The summed E-state index contributed by atoms with van der Waals surface area (Å²) in [6, 6.07) is 9.71. The number of halogens is 3. The van der Waals surface area contributed by atoms with Crippen LogP contribution < -0.4 is 20.3 Å². The van der Waals surface area contributed by atoms with Gasteiger partial charge in [0.1, 0.15) is 0 Å². The number of hydrogen-bond donors (Lipinski definition) is 2. The lowest BCUT2D eigenvalue weighted by Gasteiger charge is -2.12. The highest BCUT2D eigenvalue weighted by atomic mass is 35.5. The standard InChI is InChI=1S/C16H13ClF2N2O4/c1-24-12-7-4-10(8-13(12)25-16(18)19)15(23)21-20-14(22)9-2-5-11(17)6-3-9/h2-8,16H,1H3,(H,20,22)(H,21,23). The number of amides is 2. The molecular formula is C16H13ClF2N2O4. The number of rotatable bonds is 5. The van der Waals surface area contributed by atoms with Gasteiger partial charge in [-0.25, -0.2) is 0 Å². The quantitative estimate of drug-likeness (QED) is 0.793. The Hall–Kier alpha value is -2.87. The van der Waals surface area contributed by atoms with Crippen LogP contribution in [0.4, 0.5) is 8.78 Å². The molecule has 0 aliphatic heterocycles. The predicted octanol–water partition coefficient (Wildman–Crippen LogP) is 3.02. The smallest absolute Gasteiger partial charge is 0.387 e.